The van der Waals surface area contributed by atoms with Crippen LogP contribution in [0.15, 0.2) is 24.3 Å². The van der Waals surface area contributed by atoms with Crippen LogP contribution in [-0.2, 0) is 14.3 Å². The van der Waals surface area contributed by atoms with Crippen LogP contribution in [0.3, 0.4) is 0 Å². The molecule has 0 radical (unpaired) electrons. The largest absolute Gasteiger partial charge is 0.378 e. The number of hydrogen-bond donors (Lipinski definition) is 0. The topological polar surface area (TPSA) is 38.8 Å². The van der Waals surface area contributed by atoms with E-state index in [1.165, 1.54) is 12.1 Å². The quantitative estimate of drug-likeness (QED) is 0.834. The van der Waals surface area contributed by atoms with Gasteiger partial charge in [-0.3, -0.25) is 4.79 Å². The van der Waals surface area contributed by atoms with Gasteiger partial charge < -0.3 is 14.4 Å². The molecule has 0 unspecified atom stereocenters. The van der Waals surface area contributed by atoms with Gasteiger partial charge in [-0.2, -0.15) is 0 Å². The SMILES string of the molecule is CC(C)[C@@H]1C[C@H](CC(=O)N2CCO[C@H](c3cccc(F)c3)C2)CCO1. The number of amides is 1. The van der Waals surface area contributed by atoms with Gasteiger partial charge in [0.1, 0.15) is 11.9 Å². The van der Waals surface area contributed by atoms with Crippen LogP contribution in [0.25, 0.3) is 0 Å². The Hall–Kier alpha value is -1.46. The predicted octanol–water partition coefficient (Wildman–Crippen LogP) is 3.57. The number of nitrogens with zero attached hydrogens (tertiary/aromatic N) is 1. The van der Waals surface area contributed by atoms with E-state index in [9.17, 15) is 9.18 Å². The van der Waals surface area contributed by atoms with E-state index in [0.29, 0.717) is 38.0 Å². The average molecular weight is 349 g/mol. The molecule has 0 aromatic heterocycles. The van der Waals surface area contributed by atoms with E-state index in [-0.39, 0.29) is 23.9 Å². The van der Waals surface area contributed by atoms with Crippen LogP contribution >= 0.6 is 0 Å². The maximum Gasteiger partial charge on any atom is 0.223 e. The summed E-state index contributed by atoms with van der Waals surface area (Å²) in [5.74, 6) is 0.786. The van der Waals surface area contributed by atoms with Crippen LogP contribution in [0.5, 0.6) is 0 Å². The van der Waals surface area contributed by atoms with Crippen LogP contribution in [-0.4, -0.2) is 43.2 Å². The van der Waals surface area contributed by atoms with Crippen molar-refractivity contribution in [2.45, 2.75) is 45.3 Å². The summed E-state index contributed by atoms with van der Waals surface area (Å²) in [6, 6.07) is 6.45. The van der Waals surface area contributed by atoms with Crippen molar-refractivity contribution < 1.29 is 18.7 Å². The zero-order chi connectivity index (χ0) is 17.8. The molecule has 5 heteroatoms. The Morgan fingerprint density at radius 3 is 2.92 bits per heavy atom. The molecule has 138 valence electrons. The number of morpholine rings is 1. The monoisotopic (exact) mass is 349 g/mol. The molecule has 2 saturated heterocycles. The van der Waals surface area contributed by atoms with E-state index in [4.69, 9.17) is 9.47 Å². The molecule has 3 rings (SSSR count). The van der Waals surface area contributed by atoms with Gasteiger partial charge in [-0.25, -0.2) is 4.39 Å². The van der Waals surface area contributed by atoms with E-state index in [2.05, 4.69) is 13.8 Å². The lowest BCUT2D eigenvalue weighted by Crippen LogP contribution is -2.43. The number of carbonyl (C=O) groups excluding carboxylic acids is 1. The molecule has 1 aromatic rings. The lowest BCUT2D eigenvalue weighted by Gasteiger charge is -2.36. The lowest BCUT2D eigenvalue weighted by atomic mass is 9.87. The molecule has 4 nitrogen and oxygen atoms in total. The Balaban J connectivity index is 1.57. The Kier molecular flexibility index (Phi) is 6.07. The fourth-order valence-corrected chi connectivity index (χ4v) is 3.71. The molecule has 2 aliphatic heterocycles. The van der Waals surface area contributed by atoms with Crippen molar-refractivity contribution in [3.8, 4) is 0 Å². The minimum atomic E-state index is -0.272. The molecule has 0 spiro atoms. The van der Waals surface area contributed by atoms with Crippen LogP contribution in [0.4, 0.5) is 4.39 Å². The van der Waals surface area contributed by atoms with Crippen molar-refractivity contribution >= 4 is 5.91 Å². The first-order chi connectivity index (χ1) is 12.0. The molecule has 2 aliphatic rings. The fourth-order valence-electron chi connectivity index (χ4n) is 3.71. The summed E-state index contributed by atoms with van der Waals surface area (Å²) >= 11 is 0. The zero-order valence-electron chi connectivity index (χ0n) is 15.1. The van der Waals surface area contributed by atoms with Gasteiger partial charge in [0.05, 0.1) is 19.3 Å². The molecule has 2 fully saturated rings. The van der Waals surface area contributed by atoms with Crippen molar-refractivity contribution in [3.05, 3.63) is 35.6 Å². The number of carbonyl (C=O) groups is 1. The Morgan fingerprint density at radius 2 is 2.16 bits per heavy atom. The van der Waals surface area contributed by atoms with Gasteiger partial charge in [-0.15, -0.1) is 0 Å². The first kappa shape index (κ1) is 18.3. The van der Waals surface area contributed by atoms with E-state index in [1.54, 1.807) is 6.07 Å². The minimum absolute atomic E-state index is 0.180. The first-order valence-electron chi connectivity index (χ1n) is 9.29. The summed E-state index contributed by atoms with van der Waals surface area (Å²) in [5, 5.41) is 0. The smallest absolute Gasteiger partial charge is 0.223 e. The highest BCUT2D eigenvalue weighted by Gasteiger charge is 2.30. The molecular formula is C20H28FNO3. The summed E-state index contributed by atoms with van der Waals surface area (Å²) in [4.78, 5) is 14.6. The molecule has 0 saturated carbocycles. The Morgan fingerprint density at radius 1 is 1.32 bits per heavy atom. The van der Waals surface area contributed by atoms with E-state index in [0.717, 1.165) is 25.0 Å². The second-order valence-corrected chi connectivity index (χ2v) is 7.50. The van der Waals surface area contributed by atoms with Crippen LogP contribution in [0.1, 0.15) is 44.8 Å². The maximum atomic E-state index is 13.4. The van der Waals surface area contributed by atoms with Gasteiger partial charge in [0.15, 0.2) is 0 Å². The zero-order valence-corrected chi connectivity index (χ0v) is 15.1. The molecule has 1 amide bonds. The average Bonchev–Trinajstić information content (AvgIpc) is 2.62. The van der Waals surface area contributed by atoms with E-state index >= 15 is 0 Å². The van der Waals surface area contributed by atoms with Gasteiger partial charge in [0, 0.05) is 19.6 Å². The highest BCUT2D eigenvalue weighted by Crippen LogP contribution is 2.29. The highest BCUT2D eigenvalue weighted by atomic mass is 19.1. The lowest BCUT2D eigenvalue weighted by molar-refractivity contribution is -0.141. The number of hydrogen-bond acceptors (Lipinski definition) is 3. The Labute approximate surface area is 149 Å². The fraction of sp³-hybridized carbons (Fsp3) is 0.650. The summed E-state index contributed by atoms with van der Waals surface area (Å²) in [6.45, 7) is 6.69. The summed E-state index contributed by atoms with van der Waals surface area (Å²) < 4.78 is 25.0. The molecule has 0 aliphatic carbocycles. The second kappa shape index (κ2) is 8.28. The molecule has 25 heavy (non-hydrogen) atoms. The van der Waals surface area contributed by atoms with Gasteiger partial charge in [-0.1, -0.05) is 26.0 Å². The van der Waals surface area contributed by atoms with Gasteiger partial charge in [0.2, 0.25) is 5.91 Å². The summed E-state index contributed by atoms with van der Waals surface area (Å²) in [5.41, 5.74) is 0.795. The number of halogens is 1. The van der Waals surface area contributed by atoms with E-state index in [1.807, 2.05) is 11.0 Å². The van der Waals surface area contributed by atoms with Crippen LogP contribution < -0.4 is 0 Å². The minimum Gasteiger partial charge on any atom is -0.378 e. The van der Waals surface area contributed by atoms with Crippen molar-refractivity contribution in [2.24, 2.45) is 11.8 Å². The van der Waals surface area contributed by atoms with Crippen molar-refractivity contribution in [2.75, 3.05) is 26.3 Å². The second-order valence-electron chi connectivity index (χ2n) is 7.50. The normalized spacial score (nSPS) is 27.5. The molecule has 2 heterocycles. The van der Waals surface area contributed by atoms with Gasteiger partial charge >= 0.3 is 0 Å². The third-order valence-electron chi connectivity index (χ3n) is 5.27. The van der Waals surface area contributed by atoms with Crippen LogP contribution in [0.2, 0.25) is 0 Å². The molecule has 3 atom stereocenters. The van der Waals surface area contributed by atoms with Crippen molar-refractivity contribution in [1.29, 1.82) is 0 Å². The molecule has 0 N–H and O–H groups in total. The summed E-state index contributed by atoms with van der Waals surface area (Å²) in [6.07, 6.45) is 2.50. The van der Waals surface area contributed by atoms with E-state index < -0.39 is 0 Å². The Bertz CT molecular complexity index is 592. The number of ether oxygens (including phenoxy) is 2. The first-order valence-corrected chi connectivity index (χ1v) is 9.29. The number of benzene rings is 1. The van der Waals surface area contributed by atoms with Crippen molar-refractivity contribution in [1.82, 2.24) is 4.90 Å². The van der Waals surface area contributed by atoms with Gasteiger partial charge in [0.25, 0.3) is 0 Å². The van der Waals surface area contributed by atoms with Crippen LogP contribution in [0, 0.1) is 17.7 Å². The standard InChI is InChI=1S/C20H28FNO3/c1-14(2)18-10-15(6-8-24-18)11-20(23)22-7-9-25-19(13-22)16-4-3-5-17(21)12-16/h3-5,12,14-15,18-19H,6-11,13H2,1-2H3/t15-,18+,19+/m1/s1. The molecular weight excluding hydrogens is 321 g/mol. The molecule has 1 aromatic carbocycles. The third-order valence-corrected chi connectivity index (χ3v) is 5.27. The predicted molar refractivity (Wildman–Crippen MR) is 93.6 cm³/mol. The number of rotatable bonds is 4. The third kappa shape index (κ3) is 4.79. The molecule has 0 bridgehead atoms. The van der Waals surface area contributed by atoms with Gasteiger partial charge in [-0.05, 0) is 42.4 Å². The maximum absolute atomic E-state index is 13.4. The van der Waals surface area contributed by atoms with Crippen molar-refractivity contribution in [3.63, 3.8) is 0 Å². The summed E-state index contributed by atoms with van der Waals surface area (Å²) in [7, 11) is 0. The highest BCUT2D eigenvalue weighted by molar-refractivity contribution is 5.76.